The fourth-order valence-corrected chi connectivity index (χ4v) is 3.59. The van der Waals surface area contributed by atoms with E-state index in [1.54, 1.807) is 36.2 Å². The highest BCUT2D eigenvalue weighted by Crippen LogP contribution is 2.33. The van der Waals surface area contributed by atoms with Gasteiger partial charge in [0.05, 0.1) is 10.9 Å². The molecule has 0 fully saturated rings. The lowest BCUT2D eigenvalue weighted by atomic mass is 10.1. The van der Waals surface area contributed by atoms with Crippen molar-refractivity contribution in [2.45, 2.75) is 30.7 Å². The lowest BCUT2D eigenvalue weighted by molar-refractivity contribution is -0.131. The van der Waals surface area contributed by atoms with Gasteiger partial charge in [-0.05, 0) is 48.7 Å². The molecular formula is C20H23NO5S. The number of carbonyl (C=O) groups is 1. The Kier molecular flexibility index (Phi) is 5.41. The zero-order valence-corrected chi connectivity index (χ0v) is 16.5. The number of hydrogen-bond acceptors (Lipinski definition) is 5. The quantitative estimate of drug-likeness (QED) is 0.759. The highest BCUT2D eigenvalue weighted by atomic mass is 32.2. The van der Waals surface area contributed by atoms with Crippen LogP contribution in [0.1, 0.15) is 30.5 Å². The molecule has 0 radical (unpaired) electrons. The molecule has 0 aliphatic carbocycles. The van der Waals surface area contributed by atoms with Gasteiger partial charge >= 0.3 is 0 Å². The number of rotatable bonds is 6. The zero-order chi connectivity index (χ0) is 19.6. The first-order chi connectivity index (χ1) is 12.8. The van der Waals surface area contributed by atoms with Crippen LogP contribution in [0.25, 0.3) is 0 Å². The number of sulfone groups is 1. The molecule has 2 aromatic rings. The summed E-state index contributed by atoms with van der Waals surface area (Å²) in [6.45, 7) is 2.16. The summed E-state index contributed by atoms with van der Waals surface area (Å²) >= 11 is 0. The average Bonchev–Trinajstić information content (AvgIpc) is 3.12. The maximum atomic E-state index is 12.6. The lowest BCUT2D eigenvalue weighted by Crippen LogP contribution is -2.29. The number of fused-ring (bicyclic) bond motifs is 1. The van der Waals surface area contributed by atoms with Crippen LogP contribution >= 0.6 is 0 Å². The Bertz CT molecular complexity index is 937. The zero-order valence-electron chi connectivity index (χ0n) is 15.6. The smallest absolute Gasteiger partial charge is 0.231 e. The molecule has 27 heavy (non-hydrogen) atoms. The number of carbonyl (C=O) groups excluding carboxylic acids is 1. The third-order valence-electron chi connectivity index (χ3n) is 4.83. The van der Waals surface area contributed by atoms with Gasteiger partial charge in [-0.15, -0.1) is 0 Å². The predicted octanol–water partition coefficient (Wildman–Crippen LogP) is 2.97. The fraction of sp³-hybridized carbons (Fsp3) is 0.350. The number of hydrogen-bond donors (Lipinski definition) is 0. The van der Waals surface area contributed by atoms with E-state index in [0.717, 1.165) is 16.9 Å². The van der Waals surface area contributed by atoms with Crippen molar-refractivity contribution in [3.63, 3.8) is 0 Å². The molecule has 7 heteroatoms. The molecule has 1 amide bonds. The number of aryl methyl sites for hydroxylation is 1. The van der Waals surface area contributed by atoms with Gasteiger partial charge in [0.1, 0.15) is 0 Å². The second kappa shape index (κ2) is 7.60. The minimum Gasteiger partial charge on any atom is -0.454 e. The molecule has 1 atom stereocenters. The standard InChI is InChI=1S/C20H23NO5S/c1-14(16-6-8-17(9-7-16)27(3,23)24)21(2)20(22)11-5-15-4-10-18-19(12-15)26-13-25-18/h4,6-10,12,14H,5,11,13H2,1-3H3/t14-/m0/s1. The minimum absolute atomic E-state index is 0.0207. The molecule has 0 spiro atoms. The topological polar surface area (TPSA) is 72.9 Å². The Balaban J connectivity index is 1.61. The van der Waals surface area contributed by atoms with Crippen LogP contribution in [0.3, 0.4) is 0 Å². The van der Waals surface area contributed by atoms with Crippen LogP contribution in [0.4, 0.5) is 0 Å². The molecule has 3 rings (SSSR count). The molecular weight excluding hydrogens is 366 g/mol. The summed E-state index contributed by atoms with van der Waals surface area (Å²) < 4.78 is 33.8. The summed E-state index contributed by atoms with van der Waals surface area (Å²) in [5.41, 5.74) is 1.91. The Morgan fingerprint density at radius 2 is 1.78 bits per heavy atom. The first-order valence-electron chi connectivity index (χ1n) is 8.70. The van der Waals surface area contributed by atoms with Crippen molar-refractivity contribution in [1.82, 2.24) is 4.90 Å². The van der Waals surface area contributed by atoms with Crippen LogP contribution in [0, 0.1) is 0 Å². The van der Waals surface area contributed by atoms with E-state index in [-0.39, 0.29) is 23.6 Å². The molecule has 2 aromatic carbocycles. The van der Waals surface area contributed by atoms with Crippen molar-refractivity contribution < 1.29 is 22.7 Å². The van der Waals surface area contributed by atoms with Crippen molar-refractivity contribution in [1.29, 1.82) is 0 Å². The molecule has 0 aromatic heterocycles. The van der Waals surface area contributed by atoms with Gasteiger partial charge in [-0.1, -0.05) is 18.2 Å². The summed E-state index contributed by atoms with van der Waals surface area (Å²) in [6, 6.07) is 12.2. The van der Waals surface area contributed by atoms with Crippen LogP contribution in [-0.2, 0) is 21.1 Å². The Hall–Kier alpha value is -2.54. The van der Waals surface area contributed by atoms with E-state index in [1.807, 2.05) is 25.1 Å². The Labute approximate surface area is 159 Å². The molecule has 0 saturated heterocycles. The van der Waals surface area contributed by atoms with Crippen molar-refractivity contribution in [3.8, 4) is 11.5 Å². The van der Waals surface area contributed by atoms with Crippen LogP contribution in [-0.4, -0.2) is 39.3 Å². The van der Waals surface area contributed by atoms with E-state index >= 15 is 0 Å². The largest absolute Gasteiger partial charge is 0.454 e. The van der Waals surface area contributed by atoms with Crippen LogP contribution < -0.4 is 9.47 Å². The monoisotopic (exact) mass is 389 g/mol. The second-order valence-corrected chi connectivity index (χ2v) is 8.73. The van der Waals surface area contributed by atoms with Gasteiger partial charge < -0.3 is 14.4 Å². The summed E-state index contributed by atoms with van der Waals surface area (Å²) in [5, 5.41) is 0. The molecule has 1 aliphatic heterocycles. The fourth-order valence-electron chi connectivity index (χ4n) is 2.96. The van der Waals surface area contributed by atoms with Crippen LogP contribution in [0.15, 0.2) is 47.4 Å². The van der Waals surface area contributed by atoms with Crippen molar-refractivity contribution in [2.75, 3.05) is 20.1 Å². The van der Waals surface area contributed by atoms with Gasteiger partial charge in [0.25, 0.3) is 0 Å². The van der Waals surface area contributed by atoms with Crippen molar-refractivity contribution in [2.24, 2.45) is 0 Å². The molecule has 6 nitrogen and oxygen atoms in total. The summed E-state index contributed by atoms with van der Waals surface area (Å²) in [5.74, 6) is 1.47. The number of ether oxygens (including phenoxy) is 2. The van der Waals surface area contributed by atoms with Gasteiger partial charge in [-0.3, -0.25) is 4.79 Å². The average molecular weight is 389 g/mol. The van der Waals surface area contributed by atoms with E-state index in [4.69, 9.17) is 9.47 Å². The van der Waals surface area contributed by atoms with E-state index in [1.165, 1.54) is 6.26 Å². The Morgan fingerprint density at radius 3 is 2.44 bits per heavy atom. The second-order valence-electron chi connectivity index (χ2n) is 6.71. The summed E-state index contributed by atoms with van der Waals surface area (Å²) in [6.07, 6.45) is 2.17. The molecule has 0 bridgehead atoms. The molecule has 0 unspecified atom stereocenters. The van der Waals surface area contributed by atoms with E-state index in [0.29, 0.717) is 18.6 Å². The van der Waals surface area contributed by atoms with E-state index < -0.39 is 9.84 Å². The molecule has 144 valence electrons. The number of amides is 1. The molecule has 1 heterocycles. The third kappa shape index (κ3) is 4.42. The highest BCUT2D eigenvalue weighted by Gasteiger charge is 2.19. The summed E-state index contributed by atoms with van der Waals surface area (Å²) in [4.78, 5) is 14.5. The van der Waals surface area contributed by atoms with Gasteiger partial charge in [0, 0.05) is 19.7 Å². The summed E-state index contributed by atoms with van der Waals surface area (Å²) in [7, 11) is -1.46. The number of benzene rings is 2. The van der Waals surface area contributed by atoms with Crippen LogP contribution in [0.5, 0.6) is 11.5 Å². The maximum absolute atomic E-state index is 12.6. The van der Waals surface area contributed by atoms with E-state index in [2.05, 4.69) is 0 Å². The molecule has 0 N–H and O–H groups in total. The van der Waals surface area contributed by atoms with Crippen molar-refractivity contribution >= 4 is 15.7 Å². The molecule has 1 aliphatic rings. The van der Waals surface area contributed by atoms with Gasteiger partial charge in [0.15, 0.2) is 21.3 Å². The van der Waals surface area contributed by atoms with Crippen LogP contribution in [0.2, 0.25) is 0 Å². The number of nitrogens with zero attached hydrogens (tertiary/aromatic N) is 1. The SMILES string of the molecule is C[C@@H](c1ccc(S(C)(=O)=O)cc1)N(C)C(=O)CCc1ccc2c(c1)OCO2. The first kappa shape index (κ1) is 19.2. The van der Waals surface area contributed by atoms with Gasteiger partial charge in [-0.25, -0.2) is 8.42 Å². The maximum Gasteiger partial charge on any atom is 0.231 e. The van der Waals surface area contributed by atoms with Gasteiger partial charge in [-0.2, -0.15) is 0 Å². The lowest BCUT2D eigenvalue weighted by Gasteiger charge is -2.25. The van der Waals surface area contributed by atoms with Crippen molar-refractivity contribution in [3.05, 3.63) is 53.6 Å². The molecule has 0 saturated carbocycles. The Morgan fingerprint density at radius 1 is 1.11 bits per heavy atom. The highest BCUT2D eigenvalue weighted by molar-refractivity contribution is 7.90. The third-order valence-corrected chi connectivity index (χ3v) is 5.96. The van der Waals surface area contributed by atoms with E-state index in [9.17, 15) is 13.2 Å². The first-order valence-corrected chi connectivity index (χ1v) is 10.6. The minimum atomic E-state index is -3.23. The predicted molar refractivity (Wildman–Crippen MR) is 102 cm³/mol. The van der Waals surface area contributed by atoms with Gasteiger partial charge in [0.2, 0.25) is 12.7 Å². The normalized spacial score (nSPS) is 14.0.